The standard InChI is InChI=1S/C15H15ClN2/c1-10(2)11-5-6-14-13(8-11)9-12(4-3-7-17)15(16)18-14/h5-6,8-10H,3-4H2,1-2H3. The van der Waals surface area contributed by atoms with Crippen LogP contribution in [0.4, 0.5) is 0 Å². The summed E-state index contributed by atoms with van der Waals surface area (Å²) >= 11 is 6.12. The number of benzene rings is 1. The zero-order valence-corrected chi connectivity index (χ0v) is 11.3. The van der Waals surface area contributed by atoms with Crippen molar-refractivity contribution in [1.29, 1.82) is 5.26 Å². The zero-order chi connectivity index (χ0) is 13.1. The highest BCUT2D eigenvalue weighted by atomic mass is 35.5. The maximum absolute atomic E-state index is 8.64. The summed E-state index contributed by atoms with van der Waals surface area (Å²) in [5, 5.41) is 10.2. The fourth-order valence-corrected chi connectivity index (χ4v) is 2.18. The molecule has 0 aliphatic heterocycles. The normalized spacial score (nSPS) is 10.8. The summed E-state index contributed by atoms with van der Waals surface area (Å²) in [6, 6.07) is 10.4. The van der Waals surface area contributed by atoms with Crippen molar-refractivity contribution >= 4 is 22.5 Å². The molecule has 2 aromatic rings. The van der Waals surface area contributed by atoms with Gasteiger partial charge in [0.05, 0.1) is 11.6 Å². The summed E-state index contributed by atoms with van der Waals surface area (Å²) < 4.78 is 0. The molecule has 1 aromatic heterocycles. The molecule has 18 heavy (non-hydrogen) atoms. The Morgan fingerprint density at radius 3 is 2.78 bits per heavy atom. The molecule has 0 fully saturated rings. The van der Waals surface area contributed by atoms with Crippen LogP contribution in [0.25, 0.3) is 10.9 Å². The van der Waals surface area contributed by atoms with E-state index in [1.54, 1.807) is 0 Å². The maximum atomic E-state index is 8.64. The molecule has 0 radical (unpaired) electrons. The first-order valence-electron chi connectivity index (χ1n) is 6.08. The molecular formula is C15H15ClN2. The molecule has 0 unspecified atom stereocenters. The molecule has 0 N–H and O–H groups in total. The highest BCUT2D eigenvalue weighted by Crippen LogP contribution is 2.25. The van der Waals surface area contributed by atoms with E-state index in [0.29, 0.717) is 23.9 Å². The fourth-order valence-electron chi connectivity index (χ4n) is 1.94. The summed E-state index contributed by atoms with van der Waals surface area (Å²) in [4.78, 5) is 4.38. The van der Waals surface area contributed by atoms with E-state index in [1.165, 1.54) is 5.56 Å². The van der Waals surface area contributed by atoms with Crippen molar-refractivity contribution in [3.63, 3.8) is 0 Å². The summed E-state index contributed by atoms with van der Waals surface area (Å²) in [5.41, 5.74) is 3.15. The van der Waals surface area contributed by atoms with E-state index in [0.717, 1.165) is 16.5 Å². The first kappa shape index (κ1) is 12.9. The molecule has 0 spiro atoms. The van der Waals surface area contributed by atoms with Gasteiger partial charge in [-0.15, -0.1) is 0 Å². The Bertz CT molecular complexity index is 612. The van der Waals surface area contributed by atoms with Gasteiger partial charge in [0.2, 0.25) is 0 Å². The van der Waals surface area contributed by atoms with E-state index in [1.807, 2.05) is 12.1 Å². The topological polar surface area (TPSA) is 36.7 Å². The SMILES string of the molecule is CC(C)c1ccc2nc(Cl)c(CCC#N)cc2c1. The van der Waals surface area contributed by atoms with Crippen LogP contribution in [0.5, 0.6) is 0 Å². The molecule has 2 nitrogen and oxygen atoms in total. The van der Waals surface area contributed by atoms with Crippen LogP contribution >= 0.6 is 11.6 Å². The van der Waals surface area contributed by atoms with Crippen LogP contribution in [0.3, 0.4) is 0 Å². The predicted molar refractivity (Wildman–Crippen MR) is 74.8 cm³/mol. The molecule has 0 saturated heterocycles. The maximum Gasteiger partial charge on any atom is 0.133 e. The molecule has 2 rings (SSSR count). The van der Waals surface area contributed by atoms with Crippen LogP contribution in [-0.4, -0.2) is 4.98 Å². The Balaban J connectivity index is 2.49. The molecule has 0 amide bonds. The second-order valence-corrected chi connectivity index (χ2v) is 5.06. The van der Waals surface area contributed by atoms with E-state index in [2.05, 4.69) is 37.0 Å². The molecule has 0 atom stereocenters. The van der Waals surface area contributed by atoms with Crippen molar-refractivity contribution < 1.29 is 0 Å². The lowest BCUT2D eigenvalue weighted by Crippen LogP contribution is -1.92. The molecular weight excluding hydrogens is 244 g/mol. The van der Waals surface area contributed by atoms with Gasteiger partial charge in [-0.1, -0.05) is 31.5 Å². The molecule has 0 aliphatic rings. The number of nitriles is 1. The van der Waals surface area contributed by atoms with Crippen molar-refractivity contribution in [2.75, 3.05) is 0 Å². The molecule has 92 valence electrons. The fraction of sp³-hybridized carbons (Fsp3) is 0.333. The first-order chi connectivity index (χ1) is 8.61. The van der Waals surface area contributed by atoms with Crippen molar-refractivity contribution in [2.24, 2.45) is 0 Å². The third kappa shape index (κ3) is 2.63. The smallest absolute Gasteiger partial charge is 0.133 e. The van der Waals surface area contributed by atoms with Gasteiger partial charge in [-0.25, -0.2) is 4.98 Å². The van der Waals surface area contributed by atoms with Gasteiger partial charge in [-0.05, 0) is 41.7 Å². The Kier molecular flexibility index (Phi) is 3.84. The van der Waals surface area contributed by atoms with Crippen LogP contribution in [0, 0.1) is 11.3 Å². The summed E-state index contributed by atoms with van der Waals surface area (Å²) in [6.45, 7) is 4.34. The predicted octanol–water partition coefficient (Wildman–Crippen LogP) is 4.47. The van der Waals surface area contributed by atoms with Crippen molar-refractivity contribution in [3.8, 4) is 6.07 Å². The monoisotopic (exact) mass is 258 g/mol. The van der Waals surface area contributed by atoms with Crippen LogP contribution in [0.1, 0.15) is 37.3 Å². The van der Waals surface area contributed by atoms with E-state index in [4.69, 9.17) is 16.9 Å². The van der Waals surface area contributed by atoms with Crippen molar-refractivity contribution in [2.45, 2.75) is 32.6 Å². The average molecular weight is 259 g/mol. The van der Waals surface area contributed by atoms with E-state index < -0.39 is 0 Å². The molecule has 3 heteroatoms. The van der Waals surface area contributed by atoms with Crippen LogP contribution < -0.4 is 0 Å². The number of halogens is 1. The minimum atomic E-state index is 0.469. The number of hydrogen-bond donors (Lipinski definition) is 0. The van der Waals surface area contributed by atoms with Gasteiger partial charge in [0.1, 0.15) is 5.15 Å². The highest BCUT2D eigenvalue weighted by molar-refractivity contribution is 6.30. The minimum absolute atomic E-state index is 0.469. The van der Waals surface area contributed by atoms with Gasteiger partial charge >= 0.3 is 0 Å². The Morgan fingerprint density at radius 2 is 2.11 bits per heavy atom. The highest BCUT2D eigenvalue weighted by Gasteiger charge is 2.07. The van der Waals surface area contributed by atoms with Gasteiger partial charge < -0.3 is 0 Å². The van der Waals surface area contributed by atoms with Crippen molar-refractivity contribution in [1.82, 2.24) is 4.98 Å². The number of nitrogens with zero attached hydrogens (tertiary/aromatic N) is 2. The average Bonchev–Trinajstić information content (AvgIpc) is 2.35. The Labute approximate surface area is 112 Å². The lowest BCUT2D eigenvalue weighted by atomic mass is 10.00. The van der Waals surface area contributed by atoms with Gasteiger partial charge in [-0.3, -0.25) is 0 Å². The van der Waals surface area contributed by atoms with E-state index in [9.17, 15) is 0 Å². The molecule has 0 bridgehead atoms. The van der Waals surface area contributed by atoms with Gasteiger partial charge in [0.25, 0.3) is 0 Å². The second kappa shape index (κ2) is 5.37. The summed E-state index contributed by atoms with van der Waals surface area (Å²) in [7, 11) is 0. The van der Waals surface area contributed by atoms with E-state index in [-0.39, 0.29) is 0 Å². The van der Waals surface area contributed by atoms with Crippen LogP contribution in [0.2, 0.25) is 5.15 Å². The van der Waals surface area contributed by atoms with Crippen molar-refractivity contribution in [3.05, 3.63) is 40.5 Å². The summed E-state index contributed by atoms with van der Waals surface area (Å²) in [5.74, 6) is 0.493. The van der Waals surface area contributed by atoms with Gasteiger partial charge in [0, 0.05) is 11.8 Å². The third-order valence-corrected chi connectivity index (χ3v) is 3.36. The molecule has 0 aliphatic carbocycles. The zero-order valence-electron chi connectivity index (χ0n) is 10.6. The number of pyridine rings is 1. The number of hydrogen-bond acceptors (Lipinski definition) is 2. The Hall–Kier alpha value is -1.59. The molecule has 1 aromatic carbocycles. The molecule has 1 heterocycles. The molecule has 0 saturated carbocycles. The number of aryl methyl sites for hydroxylation is 1. The lowest BCUT2D eigenvalue weighted by molar-refractivity contribution is 0.868. The van der Waals surface area contributed by atoms with Crippen LogP contribution in [-0.2, 0) is 6.42 Å². The first-order valence-corrected chi connectivity index (χ1v) is 6.45. The van der Waals surface area contributed by atoms with E-state index >= 15 is 0 Å². The second-order valence-electron chi connectivity index (χ2n) is 4.70. The Morgan fingerprint density at radius 1 is 1.33 bits per heavy atom. The van der Waals surface area contributed by atoms with Crippen LogP contribution in [0.15, 0.2) is 24.3 Å². The quantitative estimate of drug-likeness (QED) is 0.762. The number of aromatic nitrogens is 1. The lowest BCUT2D eigenvalue weighted by Gasteiger charge is -2.08. The minimum Gasteiger partial charge on any atom is -0.236 e. The number of rotatable bonds is 3. The van der Waals surface area contributed by atoms with Gasteiger partial charge in [0.15, 0.2) is 0 Å². The van der Waals surface area contributed by atoms with Gasteiger partial charge in [-0.2, -0.15) is 5.26 Å². The largest absolute Gasteiger partial charge is 0.236 e. The summed E-state index contributed by atoms with van der Waals surface area (Å²) in [6.07, 6.45) is 1.13. The third-order valence-electron chi connectivity index (χ3n) is 3.04. The number of fused-ring (bicyclic) bond motifs is 1.